The lowest BCUT2D eigenvalue weighted by molar-refractivity contribution is -0.135. The Morgan fingerprint density at radius 2 is 1.27 bits per heavy atom. The molecule has 1 saturated heterocycles. The summed E-state index contributed by atoms with van der Waals surface area (Å²) < 4.78 is 13.0. The van der Waals surface area contributed by atoms with Crippen LogP contribution in [-0.4, -0.2) is 55.6 Å². The maximum Gasteiger partial charge on any atom is 0.260 e. The van der Waals surface area contributed by atoms with Gasteiger partial charge >= 0.3 is 0 Å². The normalized spacial score (nSPS) is 14.4. The number of hydrogen-bond acceptors (Lipinski definition) is 4. The number of piperazine rings is 1. The van der Waals surface area contributed by atoms with Gasteiger partial charge in [0.15, 0.2) is 6.61 Å². The highest BCUT2D eigenvalue weighted by atomic mass is 79.9. The predicted octanol–water partition coefficient (Wildman–Crippen LogP) is 5.53. The Balaban J connectivity index is 1.39. The fourth-order valence-electron chi connectivity index (χ4n) is 4.04. The van der Waals surface area contributed by atoms with Crippen molar-refractivity contribution in [3.63, 3.8) is 0 Å². The van der Waals surface area contributed by atoms with Gasteiger partial charge in [0.1, 0.15) is 11.5 Å². The van der Waals surface area contributed by atoms with Crippen LogP contribution in [-0.2, 0) is 4.79 Å². The number of ether oxygens (including phenoxy) is 2. The Labute approximate surface area is 211 Å². The summed E-state index contributed by atoms with van der Waals surface area (Å²) in [5, 5.41) is 0. The van der Waals surface area contributed by atoms with Gasteiger partial charge in [-0.05, 0) is 59.7 Å². The smallest absolute Gasteiger partial charge is 0.260 e. The van der Waals surface area contributed by atoms with Crippen molar-refractivity contribution in [1.82, 2.24) is 9.80 Å². The van der Waals surface area contributed by atoms with Crippen LogP contribution in [0.1, 0.15) is 17.2 Å². The highest BCUT2D eigenvalue weighted by Gasteiger charge is 2.28. The molecular formula is C26H26Br2N2O3. The minimum atomic E-state index is 0.00861. The van der Waals surface area contributed by atoms with Crippen molar-refractivity contribution in [2.45, 2.75) is 6.04 Å². The van der Waals surface area contributed by atoms with Crippen molar-refractivity contribution in [1.29, 1.82) is 0 Å². The maximum atomic E-state index is 12.7. The second-order valence-electron chi connectivity index (χ2n) is 7.89. The average molecular weight is 574 g/mol. The van der Waals surface area contributed by atoms with E-state index in [1.54, 1.807) is 7.11 Å². The first-order valence-corrected chi connectivity index (χ1v) is 12.4. The molecule has 3 aromatic carbocycles. The zero-order valence-corrected chi connectivity index (χ0v) is 21.6. The molecule has 0 radical (unpaired) electrons. The molecule has 1 aliphatic rings. The third-order valence-electron chi connectivity index (χ3n) is 5.83. The summed E-state index contributed by atoms with van der Waals surface area (Å²) in [5.74, 6) is 1.43. The van der Waals surface area contributed by atoms with E-state index >= 15 is 0 Å². The molecule has 4 rings (SSSR count). The summed E-state index contributed by atoms with van der Waals surface area (Å²) in [7, 11) is 1.62. The van der Waals surface area contributed by atoms with E-state index in [1.165, 1.54) is 11.1 Å². The first kappa shape index (κ1) is 23.8. The van der Waals surface area contributed by atoms with Gasteiger partial charge < -0.3 is 14.4 Å². The van der Waals surface area contributed by atoms with Crippen LogP contribution in [0, 0.1) is 0 Å². The van der Waals surface area contributed by atoms with Crippen molar-refractivity contribution >= 4 is 37.8 Å². The van der Waals surface area contributed by atoms with Crippen molar-refractivity contribution in [2.24, 2.45) is 0 Å². The largest absolute Gasteiger partial charge is 0.497 e. The zero-order chi connectivity index (χ0) is 23.2. The molecule has 5 nitrogen and oxygen atoms in total. The zero-order valence-electron chi connectivity index (χ0n) is 18.4. The molecule has 0 spiro atoms. The summed E-state index contributed by atoms with van der Waals surface area (Å²) in [6.45, 7) is 2.98. The third kappa shape index (κ3) is 6.16. The van der Waals surface area contributed by atoms with Crippen LogP contribution in [0.15, 0.2) is 81.7 Å². The molecule has 0 N–H and O–H groups in total. The molecular weight excluding hydrogens is 548 g/mol. The van der Waals surface area contributed by atoms with Crippen LogP contribution in [0.2, 0.25) is 0 Å². The van der Waals surface area contributed by atoms with Crippen LogP contribution in [0.4, 0.5) is 0 Å². The molecule has 3 aromatic rings. The van der Waals surface area contributed by atoms with Crippen LogP contribution >= 0.6 is 31.9 Å². The van der Waals surface area contributed by atoms with Gasteiger partial charge in [-0.15, -0.1) is 0 Å². The number of carbonyl (C=O) groups is 1. The van der Waals surface area contributed by atoms with Gasteiger partial charge in [-0.3, -0.25) is 9.69 Å². The van der Waals surface area contributed by atoms with Crippen molar-refractivity contribution in [3.8, 4) is 11.5 Å². The Morgan fingerprint density at radius 1 is 0.788 bits per heavy atom. The molecule has 33 heavy (non-hydrogen) atoms. The molecule has 1 fully saturated rings. The number of nitrogens with zero attached hydrogens (tertiary/aromatic N) is 2. The van der Waals surface area contributed by atoms with Crippen LogP contribution in [0.5, 0.6) is 11.5 Å². The van der Waals surface area contributed by atoms with E-state index in [-0.39, 0.29) is 18.6 Å². The summed E-state index contributed by atoms with van der Waals surface area (Å²) in [5.41, 5.74) is 2.48. The molecule has 0 unspecified atom stereocenters. The standard InChI is InChI=1S/C26H26Br2N2O3/c1-32-23-10-12-24(13-11-23)33-18-25(31)29-14-16-30(17-15-29)26(19-2-6-21(27)7-3-19)20-4-8-22(28)9-5-20/h2-13,26H,14-18H2,1H3. The molecule has 0 aliphatic carbocycles. The molecule has 0 aromatic heterocycles. The number of rotatable bonds is 7. The first-order valence-electron chi connectivity index (χ1n) is 10.8. The number of halogens is 2. The quantitative estimate of drug-likeness (QED) is 0.372. The third-order valence-corrected chi connectivity index (χ3v) is 6.88. The highest BCUT2D eigenvalue weighted by molar-refractivity contribution is 9.10. The number of hydrogen-bond donors (Lipinski definition) is 0. The lowest BCUT2D eigenvalue weighted by Gasteiger charge is -2.39. The van der Waals surface area contributed by atoms with Crippen LogP contribution in [0.25, 0.3) is 0 Å². The summed E-state index contributed by atoms with van der Waals surface area (Å²) in [4.78, 5) is 17.1. The number of amides is 1. The van der Waals surface area contributed by atoms with Crippen molar-refractivity contribution < 1.29 is 14.3 Å². The van der Waals surface area contributed by atoms with E-state index in [1.807, 2.05) is 29.2 Å². The second-order valence-corrected chi connectivity index (χ2v) is 9.72. The van der Waals surface area contributed by atoms with Crippen molar-refractivity contribution in [2.75, 3.05) is 39.9 Å². The molecule has 0 saturated carbocycles. The highest BCUT2D eigenvalue weighted by Crippen LogP contribution is 2.31. The Bertz CT molecular complexity index is 1000. The molecule has 7 heteroatoms. The van der Waals surface area contributed by atoms with E-state index in [9.17, 15) is 4.79 Å². The van der Waals surface area contributed by atoms with E-state index < -0.39 is 0 Å². The monoisotopic (exact) mass is 572 g/mol. The molecule has 0 atom stereocenters. The summed E-state index contributed by atoms with van der Waals surface area (Å²) >= 11 is 7.07. The van der Waals surface area contributed by atoms with Crippen LogP contribution in [0.3, 0.4) is 0 Å². The maximum absolute atomic E-state index is 12.7. The minimum absolute atomic E-state index is 0.00861. The Morgan fingerprint density at radius 3 is 1.76 bits per heavy atom. The van der Waals surface area contributed by atoms with E-state index in [0.717, 1.165) is 27.8 Å². The molecule has 172 valence electrons. The van der Waals surface area contributed by atoms with Gasteiger partial charge in [0.05, 0.1) is 13.2 Å². The molecule has 1 amide bonds. The second kappa shape index (κ2) is 11.2. The Hall–Kier alpha value is -2.35. The first-order chi connectivity index (χ1) is 16.0. The predicted molar refractivity (Wildman–Crippen MR) is 137 cm³/mol. The molecule has 1 aliphatic heterocycles. The van der Waals surface area contributed by atoms with Gasteiger partial charge in [0, 0.05) is 35.1 Å². The molecule has 0 bridgehead atoms. The Kier molecular flexibility index (Phi) is 8.06. The number of benzene rings is 3. The van der Waals surface area contributed by atoms with E-state index in [4.69, 9.17) is 9.47 Å². The molecule has 1 heterocycles. The lowest BCUT2D eigenvalue weighted by atomic mass is 9.96. The number of methoxy groups -OCH3 is 1. The summed E-state index contributed by atoms with van der Waals surface area (Å²) in [6, 6.07) is 24.4. The fraction of sp³-hybridized carbons (Fsp3) is 0.269. The van der Waals surface area contributed by atoms with E-state index in [2.05, 4.69) is 85.3 Å². The van der Waals surface area contributed by atoms with Crippen molar-refractivity contribution in [3.05, 3.63) is 92.9 Å². The van der Waals surface area contributed by atoms with Gasteiger partial charge in [0.25, 0.3) is 5.91 Å². The van der Waals surface area contributed by atoms with Gasteiger partial charge in [0.2, 0.25) is 0 Å². The SMILES string of the molecule is COc1ccc(OCC(=O)N2CCN(C(c3ccc(Br)cc3)c3ccc(Br)cc3)CC2)cc1. The minimum Gasteiger partial charge on any atom is -0.497 e. The number of carbonyl (C=O) groups excluding carboxylic acids is 1. The van der Waals surface area contributed by atoms with E-state index in [0.29, 0.717) is 18.8 Å². The summed E-state index contributed by atoms with van der Waals surface area (Å²) in [6.07, 6.45) is 0. The van der Waals surface area contributed by atoms with Crippen LogP contribution < -0.4 is 9.47 Å². The average Bonchev–Trinajstić information content (AvgIpc) is 2.86. The van der Waals surface area contributed by atoms with Gasteiger partial charge in [-0.2, -0.15) is 0 Å². The van der Waals surface area contributed by atoms with Gasteiger partial charge in [-0.1, -0.05) is 56.1 Å². The fourth-order valence-corrected chi connectivity index (χ4v) is 4.57. The van der Waals surface area contributed by atoms with Gasteiger partial charge in [-0.25, -0.2) is 0 Å². The lowest BCUT2D eigenvalue weighted by Crippen LogP contribution is -2.51. The topological polar surface area (TPSA) is 42.0 Å².